The van der Waals surface area contributed by atoms with Crippen molar-refractivity contribution in [2.45, 2.75) is 43.0 Å². The average molecular weight is 259 g/mol. The fourth-order valence-electron chi connectivity index (χ4n) is 2.43. The summed E-state index contributed by atoms with van der Waals surface area (Å²) in [5.41, 5.74) is 5.59. The van der Waals surface area contributed by atoms with Gasteiger partial charge in [-0.15, -0.1) is 0 Å². The second-order valence-corrected chi connectivity index (χ2v) is 6.18. The maximum Gasteiger partial charge on any atom is 0.303 e. The van der Waals surface area contributed by atoms with E-state index in [1.54, 1.807) is 0 Å². The van der Waals surface area contributed by atoms with Crippen molar-refractivity contribution in [3.63, 3.8) is 0 Å². The predicted octanol–water partition coefficient (Wildman–Crippen LogP) is -0.583. The molecule has 2 aliphatic rings. The quantitative estimate of drug-likeness (QED) is 0.573. The second kappa shape index (κ2) is 5.03. The summed E-state index contributed by atoms with van der Waals surface area (Å²) in [5, 5.41) is 11.6. The second-order valence-electron chi connectivity index (χ2n) is 4.48. The molecule has 0 aromatic carbocycles. The molecule has 7 heteroatoms. The molecule has 4 atom stereocenters. The standard InChI is InChI=1S/C10H17N3O3S/c11-10-12-6-5-17(16)7(9(6)13-10)3-1-2-4-8(14)15/h6-7,9H,1-5H2,(H,14,15)(H3,11,12,13)/t6-,7-,9?,17?/m0/s1. The topological polar surface area (TPSA) is 105 Å². The van der Waals surface area contributed by atoms with Crippen molar-refractivity contribution in [2.24, 2.45) is 10.7 Å². The third-order valence-corrected chi connectivity index (χ3v) is 5.10. The number of hydrogen-bond acceptors (Lipinski definition) is 5. The van der Waals surface area contributed by atoms with Crippen LogP contribution in [0.25, 0.3) is 0 Å². The van der Waals surface area contributed by atoms with E-state index in [0.29, 0.717) is 18.1 Å². The van der Waals surface area contributed by atoms with E-state index in [9.17, 15) is 9.00 Å². The van der Waals surface area contributed by atoms with Crippen LogP contribution in [-0.4, -0.2) is 44.3 Å². The number of rotatable bonds is 5. The summed E-state index contributed by atoms with van der Waals surface area (Å²) in [4.78, 5) is 14.6. The zero-order valence-corrected chi connectivity index (χ0v) is 10.3. The van der Waals surface area contributed by atoms with Crippen LogP contribution in [0.15, 0.2) is 4.99 Å². The van der Waals surface area contributed by atoms with E-state index in [0.717, 1.165) is 12.8 Å². The van der Waals surface area contributed by atoms with Crippen molar-refractivity contribution < 1.29 is 14.1 Å². The molecule has 0 saturated carbocycles. The molecule has 6 nitrogen and oxygen atoms in total. The summed E-state index contributed by atoms with van der Waals surface area (Å²) in [6.07, 6.45) is 2.35. The van der Waals surface area contributed by atoms with Crippen molar-refractivity contribution >= 4 is 22.7 Å². The summed E-state index contributed by atoms with van der Waals surface area (Å²) in [7, 11) is -0.871. The van der Waals surface area contributed by atoms with Crippen molar-refractivity contribution in [1.82, 2.24) is 5.32 Å². The lowest BCUT2D eigenvalue weighted by Gasteiger charge is -2.13. The van der Waals surface area contributed by atoms with Crippen LogP contribution in [0.3, 0.4) is 0 Å². The van der Waals surface area contributed by atoms with Crippen molar-refractivity contribution in [2.75, 3.05) is 5.75 Å². The van der Waals surface area contributed by atoms with Crippen LogP contribution in [0.5, 0.6) is 0 Å². The van der Waals surface area contributed by atoms with E-state index in [1.807, 2.05) is 0 Å². The lowest BCUT2D eigenvalue weighted by molar-refractivity contribution is -0.137. The average Bonchev–Trinajstić information content (AvgIpc) is 2.69. The number of nitrogens with two attached hydrogens (primary N) is 1. The molecule has 1 saturated heterocycles. The van der Waals surface area contributed by atoms with Crippen LogP contribution in [0.2, 0.25) is 0 Å². The Morgan fingerprint density at radius 3 is 3.06 bits per heavy atom. The van der Waals surface area contributed by atoms with Crippen LogP contribution in [0.1, 0.15) is 25.7 Å². The number of nitrogens with zero attached hydrogens (tertiary/aromatic N) is 1. The molecule has 0 aromatic heterocycles. The Morgan fingerprint density at radius 1 is 1.59 bits per heavy atom. The van der Waals surface area contributed by atoms with E-state index >= 15 is 0 Å². The number of aliphatic imine (C=N–C) groups is 1. The van der Waals surface area contributed by atoms with Crippen LogP contribution < -0.4 is 11.1 Å². The Labute approximate surface area is 102 Å². The SMILES string of the molecule is NC1=NC2[C@H](CS(=O)[C@H]2CCCCC(=O)O)N1. The summed E-state index contributed by atoms with van der Waals surface area (Å²) in [5.74, 6) is 0.255. The first kappa shape index (κ1) is 12.3. The summed E-state index contributed by atoms with van der Waals surface area (Å²) in [6, 6.07) is 0.126. The fourth-order valence-corrected chi connectivity index (χ4v) is 4.30. The van der Waals surface area contributed by atoms with Gasteiger partial charge in [-0.25, -0.2) is 4.99 Å². The number of carboxylic acids is 1. The summed E-state index contributed by atoms with van der Waals surface area (Å²) in [6.45, 7) is 0. The number of hydrogen-bond donors (Lipinski definition) is 3. The molecule has 4 N–H and O–H groups in total. The first-order valence-corrected chi connectivity index (χ1v) is 7.15. The van der Waals surface area contributed by atoms with Gasteiger partial charge in [-0.2, -0.15) is 0 Å². The molecule has 0 spiro atoms. The van der Waals surface area contributed by atoms with Gasteiger partial charge in [-0.3, -0.25) is 9.00 Å². The van der Waals surface area contributed by atoms with Crippen LogP contribution in [0.4, 0.5) is 0 Å². The Balaban J connectivity index is 1.83. The highest BCUT2D eigenvalue weighted by atomic mass is 32.2. The number of nitrogens with one attached hydrogen (secondary N) is 1. The first-order chi connectivity index (χ1) is 8.08. The molecule has 17 heavy (non-hydrogen) atoms. The molecule has 96 valence electrons. The van der Waals surface area contributed by atoms with Crippen LogP contribution in [-0.2, 0) is 15.6 Å². The molecule has 2 heterocycles. The fraction of sp³-hybridized carbons (Fsp3) is 0.800. The highest BCUT2D eigenvalue weighted by Crippen LogP contribution is 2.27. The number of guanidine groups is 1. The zero-order valence-electron chi connectivity index (χ0n) is 9.46. The number of fused-ring (bicyclic) bond motifs is 1. The molecule has 1 fully saturated rings. The molecular weight excluding hydrogens is 242 g/mol. The normalized spacial score (nSPS) is 35.2. The molecule has 2 aliphatic heterocycles. The molecule has 0 aromatic rings. The number of aliphatic carboxylic acids is 1. The zero-order chi connectivity index (χ0) is 12.4. The van der Waals surface area contributed by atoms with E-state index < -0.39 is 16.8 Å². The maximum atomic E-state index is 11.9. The van der Waals surface area contributed by atoms with E-state index in [4.69, 9.17) is 10.8 Å². The van der Waals surface area contributed by atoms with E-state index in [-0.39, 0.29) is 23.8 Å². The predicted molar refractivity (Wildman–Crippen MR) is 65.2 cm³/mol. The summed E-state index contributed by atoms with van der Waals surface area (Å²) < 4.78 is 11.9. The van der Waals surface area contributed by atoms with E-state index in [2.05, 4.69) is 10.3 Å². The molecule has 0 aliphatic carbocycles. The molecular formula is C10H17N3O3S. The monoisotopic (exact) mass is 259 g/mol. The smallest absolute Gasteiger partial charge is 0.303 e. The van der Waals surface area contributed by atoms with Gasteiger partial charge in [-0.05, 0) is 12.8 Å². The van der Waals surface area contributed by atoms with Crippen molar-refractivity contribution in [3.05, 3.63) is 0 Å². The maximum absolute atomic E-state index is 11.9. The minimum atomic E-state index is -0.871. The molecule has 0 amide bonds. The number of carbonyl (C=O) groups is 1. The Hall–Kier alpha value is -1.11. The van der Waals surface area contributed by atoms with Crippen LogP contribution in [0, 0.1) is 0 Å². The Morgan fingerprint density at radius 2 is 2.35 bits per heavy atom. The lowest BCUT2D eigenvalue weighted by Crippen LogP contribution is -2.38. The molecule has 2 unspecified atom stereocenters. The molecule has 2 rings (SSSR count). The summed E-state index contributed by atoms with van der Waals surface area (Å²) >= 11 is 0. The molecule has 0 radical (unpaired) electrons. The first-order valence-electron chi connectivity index (χ1n) is 5.76. The highest BCUT2D eigenvalue weighted by Gasteiger charge is 2.44. The van der Waals surface area contributed by atoms with Crippen molar-refractivity contribution in [3.8, 4) is 0 Å². The van der Waals surface area contributed by atoms with Gasteiger partial charge in [0.2, 0.25) is 0 Å². The highest BCUT2D eigenvalue weighted by molar-refractivity contribution is 7.86. The van der Waals surface area contributed by atoms with Gasteiger partial charge in [0.05, 0.1) is 17.3 Å². The number of unbranched alkanes of at least 4 members (excludes halogenated alkanes) is 1. The van der Waals surface area contributed by atoms with Crippen molar-refractivity contribution in [1.29, 1.82) is 0 Å². The third kappa shape index (κ3) is 2.77. The Bertz CT molecular complexity index is 372. The van der Waals surface area contributed by atoms with Crippen LogP contribution >= 0.6 is 0 Å². The van der Waals surface area contributed by atoms with Gasteiger partial charge in [-0.1, -0.05) is 6.42 Å². The minimum Gasteiger partial charge on any atom is -0.481 e. The van der Waals surface area contributed by atoms with Gasteiger partial charge in [0.25, 0.3) is 0 Å². The third-order valence-electron chi connectivity index (χ3n) is 3.23. The molecule has 0 bridgehead atoms. The lowest BCUT2D eigenvalue weighted by atomic mass is 10.0. The van der Waals surface area contributed by atoms with Gasteiger partial charge < -0.3 is 16.2 Å². The Kier molecular flexibility index (Phi) is 3.66. The van der Waals surface area contributed by atoms with Gasteiger partial charge in [0.15, 0.2) is 5.96 Å². The number of carboxylic acid groups (broad SMARTS) is 1. The van der Waals surface area contributed by atoms with Gasteiger partial charge in [0, 0.05) is 23.0 Å². The largest absolute Gasteiger partial charge is 0.481 e. The van der Waals surface area contributed by atoms with Gasteiger partial charge in [0.1, 0.15) is 0 Å². The van der Waals surface area contributed by atoms with Gasteiger partial charge >= 0.3 is 5.97 Å². The van der Waals surface area contributed by atoms with E-state index in [1.165, 1.54) is 0 Å². The minimum absolute atomic E-state index is 0.0145.